The second-order valence-corrected chi connectivity index (χ2v) is 7.33. The molecule has 1 aliphatic heterocycles. The van der Waals surface area contributed by atoms with E-state index in [0.29, 0.717) is 12.0 Å². The highest BCUT2D eigenvalue weighted by atomic mass is 16.1. The Balaban J connectivity index is 1.59. The van der Waals surface area contributed by atoms with Crippen molar-refractivity contribution in [2.45, 2.75) is 63.5 Å². The van der Waals surface area contributed by atoms with Crippen molar-refractivity contribution in [1.82, 2.24) is 10.2 Å². The van der Waals surface area contributed by atoms with Gasteiger partial charge in [0.2, 0.25) is 5.91 Å². The Morgan fingerprint density at radius 1 is 1.35 bits per heavy atom. The summed E-state index contributed by atoms with van der Waals surface area (Å²) in [5.74, 6) is 1.17. The van der Waals surface area contributed by atoms with E-state index < -0.39 is 5.54 Å². The van der Waals surface area contributed by atoms with Crippen LogP contribution in [0.3, 0.4) is 0 Å². The van der Waals surface area contributed by atoms with Gasteiger partial charge in [0, 0.05) is 12.6 Å². The van der Waals surface area contributed by atoms with Crippen LogP contribution in [0.4, 0.5) is 0 Å². The quantitative estimate of drug-likeness (QED) is 0.774. The number of nitrogens with zero attached hydrogens (tertiary/aromatic N) is 1. The third-order valence-corrected chi connectivity index (χ3v) is 5.60. The summed E-state index contributed by atoms with van der Waals surface area (Å²) in [6.45, 7) is 5.92. The third-order valence-electron chi connectivity index (χ3n) is 5.60. The van der Waals surface area contributed by atoms with Crippen LogP contribution in [0.2, 0.25) is 0 Å². The summed E-state index contributed by atoms with van der Waals surface area (Å²) in [4.78, 5) is 14.7. The van der Waals surface area contributed by atoms with Crippen LogP contribution < -0.4 is 11.1 Å². The molecule has 3 atom stereocenters. The van der Waals surface area contributed by atoms with Crippen LogP contribution in [0.15, 0.2) is 0 Å². The maximum absolute atomic E-state index is 12.1. The van der Waals surface area contributed by atoms with Crippen LogP contribution in [0.25, 0.3) is 0 Å². The lowest BCUT2D eigenvalue weighted by Gasteiger charge is -2.34. The highest BCUT2D eigenvalue weighted by molar-refractivity contribution is 5.85. The first-order valence-electron chi connectivity index (χ1n) is 8.40. The minimum atomic E-state index is -0.396. The molecule has 0 bridgehead atoms. The Morgan fingerprint density at radius 2 is 2.15 bits per heavy atom. The molecule has 4 nitrogen and oxygen atoms in total. The number of carbonyl (C=O) groups is 1. The van der Waals surface area contributed by atoms with Crippen molar-refractivity contribution in [3.8, 4) is 0 Å². The zero-order valence-electron chi connectivity index (χ0n) is 12.7. The predicted molar refractivity (Wildman–Crippen MR) is 80.3 cm³/mol. The standard InChI is InChI=1S/C16H29N3O/c1-12-6-9-19(11-12)10-7-13-3-2-8-16(13,15(17)20)18-14-4-5-14/h12-14,18H,2-11H2,1H3,(H2,17,20). The van der Waals surface area contributed by atoms with Gasteiger partial charge in [-0.1, -0.05) is 13.3 Å². The molecular weight excluding hydrogens is 250 g/mol. The Hall–Kier alpha value is -0.610. The van der Waals surface area contributed by atoms with Gasteiger partial charge in [-0.15, -0.1) is 0 Å². The topological polar surface area (TPSA) is 58.4 Å². The molecule has 3 fully saturated rings. The van der Waals surface area contributed by atoms with Crippen LogP contribution >= 0.6 is 0 Å². The van der Waals surface area contributed by atoms with E-state index in [9.17, 15) is 4.79 Å². The predicted octanol–water partition coefficient (Wildman–Crippen LogP) is 1.49. The van der Waals surface area contributed by atoms with E-state index in [0.717, 1.165) is 38.1 Å². The largest absolute Gasteiger partial charge is 0.368 e. The van der Waals surface area contributed by atoms with E-state index in [4.69, 9.17) is 5.73 Å². The fourth-order valence-corrected chi connectivity index (χ4v) is 4.21. The van der Waals surface area contributed by atoms with Crippen LogP contribution in [0, 0.1) is 11.8 Å². The van der Waals surface area contributed by atoms with Gasteiger partial charge in [0.15, 0.2) is 0 Å². The molecule has 1 saturated heterocycles. The van der Waals surface area contributed by atoms with Crippen LogP contribution in [-0.4, -0.2) is 42.0 Å². The van der Waals surface area contributed by atoms with Crippen LogP contribution in [-0.2, 0) is 4.79 Å². The van der Waals surface area contributed by atoms with Crippen LogP contribution in [0.1, 0.15) is 51.9 Å². The lowest BCUT2D eigenvalue weighted by Crippen LogP contribution is -2.59. The molecule has 3 rings (SSSR count). The Kier molecular flexibility index (Phi) is 4.04. The van der Waals surface area contributed by atoms with Crippen molar-refractivity contribution in [2.75, 3.05) is 19.6 Å². The molecule has 3 aliphatic rings. The molecule has 2 aliphatic carbocycles. The van der Waals surface area contributed by atoms with Gasteiger partial charge in [0.25, 0.3) is 0 Å². The summed E-state index contributed by atoms with van der Waals surface area (Å²) < 4.78 is 0. The molecule has 2 saturated carbocycles. The first-order chi connectivity index (χ1) is 9.60. The van der Waals surface area contributed by atoms with Crippen molar-refractivity contribution < 1.29 is 4.79 Å². The number of nitrogens with one attached hydrogen (secondary N) is 1. The lowest BCUT2D eigenvalue weighted by atomic mass is 9.83. The minimum absolute atomic E-state index is 0.110. The van der Waals surface area contributed by atoms with E-state index in [-0.39, 0.29) is 5.91 Å². The second kappa shape index (κ2) is 5.64. The summed E-state index contributed by atoms with van der Waals surface area (Å²) in [5.41, 5.74) is 5.39. The summed E-state index contributed by atoms with van der Waals surface area (Å²) >= 11 is 0. The molecule has 3 unspecified atom stereocenters. The maximum Gasteiger partial charge on any atom is 0.238 e. The SMILES string of the molecule is CC1CCN(CCC2CCCC2(NC2CC2)C(N)=O)C1. The second-order valence-electron chi connectivity index (χ2n) is 7.33. The fourth-order valence-electron chi connectivity index (χ4n) is 4.21. The zero-order chi connectivity index (χ0) is 14.2. The number of likely N-dealkylation sites (tertiary alicyclic amines) is 1. The number of hydrogen-bond donors (Lipinski definition) is 2. The Morgan fingerprint density at radius 3 is 2.75 bits per heavy atom. The summed E-state index contributed by atoms with van der Waals surface area (Å²) in [6.07, 6.45) is 8.12. The van der Waals surface area contributed by atoms with Gasteiger partial charge < -0.3 is 16.0 Å². The number of carbonyl (C=O) groups excluding carboxylic acids is 1. The van der Waals surface area contributed by atoms with Gasteiger partial charge in [-0.05, 0) is 63.5 Å². The highest BCUT2D eigenvalue weighted by Gasteiger charge is 2.49. The van der Waals surface area contributed by atoms with Crippen molar-refractivity contribution in [2.24, 2.45) is 17.6 Å². The first-order valence-corrected chi connectivity index (χ1v) is 8.40. The van der Waals surface area contributed by atoms with E-state index >= 15 is 0 Å². The van der Waals surface area contributed by atoms with E-state index in [1.165, 1.54) is 32.4 Å². The summed E-state index contributed by atoms with van der Waals surface area (Å²) in [7, 11) is 0. The molecule has 0 aromatic heterocycles. The van der Waals surface area contributed by atoms with Gasteiger partial charge in [-0.25, -0.2) is 0 Å². The molecule has 0 radical (unpaired) electrons. The number of nitrogens with two attached hydrogens (primary N) is 1. The fraction of sp³-hybridized carbons (Fsp3) is 0.938. The van der Waals surface area contributed by atoms with Gasteiger partial charge in [0.05, 0.1) is 0 Å². The summed E-state index contributed by atoms with van der Waals surface area (Å²) in [5, 5.41) is 3.61. The molecular formula is C16H29N3O. The highest BCUT2D eigenvalue weighted by Crippen LogP contribution is 2.40. The molecule has 114 valence electrons. The average Bonchev–Trinajstić information content (AvgIpc) is 2.95. The number of rotatable bonds is 6. The molecule has 1 amide bonds. The molecule has 1 heterocycles. The Bertz CT molecular complexity index is 369. The third kappa shape index (κ3) is 2.86. The van der Waals surface area contributed by atoms with Gasteiger partial charge in [0.1, 0.15) is 5.54 Å². The van der Waals surface area contributed by atoms with Gasteiger partial charge >= 0.3 is 0 Å². The van der Waals surface area contributed by atoms with E-state index in [1.54, 1.807) is 0 Å². The van der Waals surface area contributed by atoms with Crippen molar-refractivity contribution in [1.29, 1.82) is 0 Å². The summed E-state index contributed by atoms with van der Waals surface area (Å²) in [6, 6.07) is 0.551. The van der Waals surface area contributed by atoms with E-state index in [2.05, 4.69) is 17.1 Å². The molecule has 0 aromatic carbocycles. The molecule has 0 aromatic rings. The maximum atomic E-state index is 12.1. The van der Waals surface area contributed by atoms with E-state index in [1.807, 2.05) is 0 Å². The molecule has 20 heavy (non-hydrogen) atoms. The molecule has 3 N–H and O–H groups in total. The van der Waals surface area contributed by atoms with Crippen molar-refractivity contribution >= 4 is 5.91 Å². The van der Waals surface area contributed by atoms with Crippen LogP contribution in [0.5, 0.6) is 0 Å². The Labute approximate surface area is 122 Å². The van der Waals surface area contributed by atoms with Gasteiger partial charge in [-0.2, -0.15) is 0 Å². The monoisotopic (exact) mass is 279 g/mol. The van der Waals surface area contributed by atoms with Gasteiger partial charge in [-0.3, -0.25) is 4.79 Å². The normalized spacial score (nSPS) is 38.5. The number of amides is 1. The number of primary amides is 1. The molecule has 4 heteroatoms. The minimum Gasteiger partial charge on any atom is -0.368 e. The first kappa shape index (κ1) is 14.3. The number of hydrogen-bond acceptors (Lipinski definition) is 3. The lowest BCUT2D eigenvalue weighted by molar-refractivity contribution is -0.126. The average molecular weight is 279 g/mol. The van der Waals surface area contributed by atoms with Crippen molar-refractivity contribution in [3.63, 3.8) is 0 Å². The zero-order valence-corrected chi connectivity index (χ0v) is 12.7. The van der Waals surface area contributed by atoms with Crippen molar-refractivity contribution in [3.05, 3.63) is 0 Å². The smallest absolute Gasteiger partial charge is 0.238 e. The molecule has 0 spiro atoms.